The zero-order chi connectivity index (χ0) is 14.5. The van der Waals surface area contributed by atoms with Crippen LogP contribution in [-0.4, -0.2) is 25.1 Å². The van der Waals surface area contributed by atoms with Crippen LogP contribution in [0.1, 0.15) is 26.3 Å². The average molecular weight is 265 g/mol. The van der Waals surface area contributed by atoms with Crippen molar-refractivity contribution in [2.45, 2.75) is 26.2 Å². The summed E-state index contributed by atoms with van der Waals surface area (Å²) >= 11 is 0. The number of benzene rings is 1. The van der Waals surface area contributed by atoms with E-state index in [4.69, 9.17) is 10.5 Å². The zero-order valence-electron chi connectivity index (χ0n) is 11.4. The number of ether oxygens (including phenoxy) is 2. The summed E-state index contributed by atoms with van der Waals surface area (Å²) in [4.78, 5) is 21.6. The van der Waals surface area contributed by atoms with Crippen LogP contribution in [0.5, 0.6) is 5.75 Å². The Balaban J connectivity index is 2.46. The number of rotatable bonds is 5. The maximum atomic E-state index is 11.2. The minimum Gasteiger partial charge on any atom is -0.482 e. The predicted octanol–water partition coefficient (Wildman–Crippen LogP) is 1.39. The van der Waals surface area contributed by atoms with Crippen LogP contribution in [0.15, 0.2) is 24.3 Å². The molecule has 1 aromatic carbocycles. The largest absolute Gasteiger partial charge is 0.482 e. The first-order valence-electron chi connectivity index (χ1n) is 5.96. The molecular formula is C14H19NO4. The van der Waals surface area contributed by atoms with Gasteiger partial charge in [0.1, 0.15) is 5.75 Å². The van der Waals surface area contributed by atoms with Gasteiger partial charge in [-0.2, -0.15) is 0 Å². The Morgan fingerprint density at radius 3 is 2.16 bits per heavy atom. The first kappa shape index (κ1) is 15.0. The van der Waals surface area contributed by atoms with E-state index in [1.807, 2.05) is 12.1 Å². The maximum Gasteiger partial charge on any atom is 0.344 e. The van der Waals surface area contributed by atoms with Crippen molar-refractivity contribution < 1.29 is 19.1 Å². The minimum absolute atomic E-state index is 0.0684. The highest BCUT2D eigenvalue weighted by Crippen LogP contribution is 2.24. The fourth-order valence-electron chi connectivity index (χ4n) is 1.39. The lowest BCUT2D eigenvalue weighted by atomic mass is 9.87. The van der Waals surface area contributed by atoms with E-state index in [1.165, 1.54) is 5.56 Å². The van der Waals surface area contributed by atoms with E-state index in [2.05, 4.69) is 25.5 Å². The van der Waals surface area contributed by atoms with Crippen molar-refractivity contribution in [1.29, 1.82) is 0 Å². The van der Waals surface area contributed by atoms with E-state index in [1.54, 1.807) is 12.1 Å². The van der Waals surface area contributed by atoms with Gasteiger partial charge in [-0.05, 0) is 23.1 Å². The fraction of sp³-hybridized carbons (Fsp3) is 0.429. The molecule has 0 heterocycles. The Hall–Kier alpha value is -2.04. The molecule has 1 aromatic rings. The van der Waals surface area contributed by atoms with Gasteiger partial charge in [0.05, 0.1) is 0 Å². The smallest absolute Gasteiger partial charge is 0.344 e. The lowest BCUT2D eigenvalue weighted by Crippen LogP contribution is -2.23. The number of carbonyl (C=O) groups excluding carboxylic acids is 2. The highest BCUT2D eigenvalue weighted by molar-refractivity contribution is 5.79. The Bertz CT molecular complexity index is 446. The van der Waals surface area contributed by atoms with Crippen molar-refractivity contribution >= 4 is 11.9 Å². The number of esters is 1. The van der Waals surface area contributed by atoms with Gasteiger partial charge in [0.2, 0.25) is 0 Å². The lowest BCUT2D eigenvalue weighted by Gasteiger charge is -2.19. The Morgan fingerprint density at radius 2 is 1.68 bits per heavy atom. The summed E-state index contributed by atoms with van der Waals surface area (Å²) in [6.45, 7) is 5.67. The van der Waals surface area contributed by atoms with Gasteiger partial charge in [-0.3, -0.25) is 4.79 Å². The minimum atomic E-state index is -0.692. The van der Waals surface area contributed by atoms with Gasteiger partial charge in [0, 0.05) is 0 Å². The molecule has 0 aliphatic rings. The van der Waals surface area contributed by atoms with E-state index in [9.17, 15) is 9.59 Å². The van der Waals surface area contributed by atoms with Crippen molar-refractivity contribution in [3.8, 4) is 5.75 Å². The molecule has 0 unspecified atom stereocenters. The van der Waals surface area contributed by atoms with E-state index >= 15 is 0 Å². The topological polar surface area (TPSA) is 78.6 Å². The highest BCUT2D eigenvalue weighted by Gasteiger charge is 2.13. The SMILES string of the molecule is CC(C)(C)c1ccc(OCC(=O)OCC(N)=O)cc1. The van der Waals surface area contributed by atoms with Crippen molar-refractivity contribution in [3.05, 3.63) is 29.8 Å². The molecule has 0 aliphatic carbocycles. The molecule has 0 bridgehead atoms. The van der Waals surface area contributed by atoms with Crippen LogP contribution in [0.4, 0.5) is 0 Å². The Labute approximate surface area is 112 Å². The molecule has 0 saturated heterocycles. The number of hydrogen-bond donors (Lipinski definition) is 1. The van der Waals surface area contributed by atoms with Gasteiger partial charge >= 0.3 is 5.97 Å². The molecule has 0 aromatic heterocycles. The summed E-state index contributed by atoms with van der Waals surface area (Å²) in [6.07, 6.45) is 0. The summed E-state index contributed by atoms with van der Waals surface area (Å²) in [6, 6.07) is 7.48. The van der Waals surface area contributed by atoms with E-state index < -0.39 is 18.5 Å². The van der Waals surface area contributed by atoms with E-state index in [0.717, 1.165) is 0 Å². The zero-order valence-corrected chi connectivity index (χ0v) is 11.4. The first-order chi connectivity index (χ1) is 8.79. The summed E-state index contributed by atoms with van der Waals surface area (Å²) in [5.41, 5.74) is 6.09. The predicted molar refractivity (Wildman–Crippen MR) is 70.8 cm³/mol. The molecule has 19 heavy (non-hydrogen) atoms. The van der Waals surface area contributed by atoms with Gasteiger partial charge in [-0.15, -0.1) is 0 Å². The lowest BCUT2D eigenvalue weighted by molar-refractivity contribution is -0.149. The Kier molecular flexibility index (Phi) is 4.92. The number of hydrogen-bond acceptors (Lipinski definition) is 4. The molecule has 104 valence electrons. The molecule has 0 radical (unpaired) electrons. The van der Waals surface area contributed by atoms with Crippen LogP contribution in [0.2, 0.25) is 0 Å². The number of primary amides is 1. The quantitative estimate of drug-likeness (QED) is 0.816. The average Bonchev–Trinajstić information content (AvgIpc) is 2.33. The summed E-state index contributed by atoms with van der Waals surface area (Å²) in [5.74, 6) is -0.745. The van der Waals surface area contributed by atoms with Crippen LogP contribution in [0.25, 0.3) is 0 Å². The molecule has 0 aliphatic heterocycles. The molecule has 5 heteroatoms. The van der Waals surface area contributed by atoms with Crippen LogP contribution in [0.3, 0.4) is 0 Å². The normalized spacial score (nSPS) is 10.9. The second-order valence-corrected chi connectivity index (χ2v) is 5.19. The van der Waals surface area contributed by atoms with Crippen molar-refractivity contribution in [2.24, 2.45) is 5.73 Å². The van der Waals surface area contributed by atoms with Gasteiger partial charge < -0.3 is 15.2 Å². The van der Waals surface area contributed by atoms with Crippen LogP contribution in [0, 0.1) is 0 Å². The molecule has 5 nitrogen and oxygen atoms in total. The molecule has 1 rings (SSSR count). The number of amides is 1. The fourth-order valence-corrected chi connectivity index (χ4v) is 1.39. The Morgan fingerprint density at radius 1 is 1.11 bits per heavy atom. The van der Waals surface area contributed by atoms with Crippen molar-refractivity contribution in [1.82, 2.24) is 0 Å². The van der Waals surface area contributed by atoms with Crippen LogP contribution in [-0.2, 0) is 19.7 Å². The number of nitrogens with two attached hydrogens (primary N) is 1. The molecular weight excluding hydrogens is 246 g/mol. The third kappa shape index (κ3) is 5.42. The number of carbonyl (C=O) groups is 2. The van der Waals surface area contributed by atoms with Gasteiger partial charge in [-0.25, -0.2) is 4.79 Å². The maximum absolute atomic E-state index is 11.2. The third-order valence-electron chi connectivity index (χ3n) is 2.45. The molecule has 1 amide bonds. The summed E-state index contributed by atoms with van der Waals surface area (Å²) < 4.78 is 9.81. The first-order valence-corrected chi connectivity index (χ1v) is 5.96. The molecule has 0 fully saturated rings. The second kappa shape index (κ2) is 6.22. The van der Waals surface area contributed by atoms with Crippen LogP contribution >= 0.6 is 0 Å². The van der Waals surface area contributed by atoms with E-state index in [0.29, 0.717) is 5.75 Å². The van der Waals surface area contributed by atoms with Crippen molar-refractivity contribution in [2.75, 3.05) is 13.2 Å². The monoisotopic (exact) mass is 265 g/mol. The summed E-state index contributed by atoms with van der Waals surface area (Å²) in [7, 11) is 0. The molecule has 0 saturated carbocycles. The third-order valence-corrected chi connectivity index (χ3v) is 2.45. The second-order valence-electron chi connectivity index (χ2n) is 5.19. The van der Waals surface area contributed by atoms with Crippen molar-refractivity contribution in [3.63, 3.8) is 0 Å². The van der Waals surface area contributed by atoms with E-state index in [-0.39, 0.29) is 12.0 Å². The summed E-state index contributed by atoms with van der Waals surface area (Å²) in [5, 5.41) is 0. The van der Waals surface area contributed by atoms with Gasteiger partial charge in [-0.1, -0.05) is 32.9 Å². The van der Waals surface area contributed by atoms with Gasteiger partial charge in [0.25, 0.3) is 5.91 Å². The van der Waals surface area contributed by atoms with Crippen LogP contribution < -0.4 is 10.5 Å². The standard InChI is InChI=1S/C14H19NO4/c1-14(2,3)10-4-6-11(7-5-10)18-9-13(17)19-8-12(15)16/h4-7H,8-9H2,1-3H3,(H2,15,16). The molecule has 0 spiro atoms. The van der Waals surface area contributed by atoms with Gasteiger partial charge in [0.15, 0.2) is 13.2 Å². The molecule has 0 atom stereocenters. The highest BCUT2D eigenvalue weighted by atomic mass is 16.6. The molecule has 2 N–H and O–H groups in total.